The molecule has 0 fully saturated rings. The van der Waals surface area contributed by atoms with Crippen LogP contribution in [0.1, 0.15) is 39.7 Å². The normalized spacial score (nSPS) is 12.4. The highest BCUT2D eigenvalue weighted by atomic mass is 16.6. The van der Waals surface area contributed by atoms with E-state index in [1.165, 1.54) is 0 Å². The van der Waals surface area contributed by atoms with Crippen molar-refractivity contribution in [3.05, 3.63) is 33.9 Å². The Morgan fingerprint density at radius 2 is 2.05 bits per heavy atom. The molecule has 0 aromatic heterocycles. The van der Waals surface area contributed by atoms with Crippen molar-refractivity contribution in [2.24, 2.45) is 5.92 Å². The lowest BCUT2D eigenvalue weighted by atomic mass is 10.1. The van der Waals surface area contributed by atoms with Crippen molar-refractivity contribution in [1.82, 2.24) is 4.90 Å². The predicted octanol–water partition coefficient (Wildman–Crippen LogP) is 3.89. The molecule has 0 spiro atoms. The molecular formula is C16H27N3O2. The summed E-state index contributed by atoms with van der Waals surface area (Å²) in [6.45, 7) is 11.9. The van der Waals surface area contributed by atoms with Gasteiger partial charge in [0.15, 0.2) is 0 Å². The molecule has 118 valence electrons. The van der Waals surface area contributed by atoms with Gasteiger partial charge in [0.25, 0.3) is 5.69 Å². The number of rotatable bonds is 9. The summed E-state index contributed by atoms with van der Waals surface area (Å²) in [6, 6.07) is 5.31. The van der Waals surface area contributed by atoms with E-state index in [0.29, 0.717) is 18.2 Å². The quantitative estimate of drug-likeness (QED) is 0.554. The van der Waals surface area contributed by atoms with Gasteiger partial charge in [-0.3, -0.25) is 15.0 Å². The summed E-state index contributed by atoms with van der Waals surface area (Å²) in [5.74, 6) is 0.631. The molecule has 1 unspecified atom stereocenters. The Kier molecular flexibility index (Phi) is 7.15. The Hall–Kier alpha value is -1.62. The summed E-state index contributed by atoms with van der Waals surface area (Å²) in [5.41, 5.74) is 1.82. The van der Waals surface area contributed by atoms with Crippen LogP contribution in [0, 0.1) is 16.0 Å². The molecule has 1 aromatic rings. The van der Waals surface area contributed by atoms with Crippen LogP contribution in [0.15, 0.2) is 18.2 Å². The zero-order valence-corrected chi connectivity index (χ0v) is 13.6. The van der Waals surface area contributed by atoms with Gasteiger partial charge in [0, 0.05) is 25.7 Å². The van der Waals surface area contributed by atoms with Crippen molar-refractivity contribution in [3.8, 4) is 0 Å². The van der Waals surface area contributed by atoms with Crippen molar-refractivity contribution in [2.45, 2.75) is 40.7 Å². The number of nitro groups is 1. The van der Waals surface area contributed by atoms with E-state index >= 15 is 0 Å². The number of anilines is 1. The molecule has 0 saturated carbocycles. The highest BCUT2D eigenvalue weighted by Crippen LogP contribution is 2.29. The van der Waals surface area contributed by atoms with Crippen LogP contribution in [0.4, 0.5) is 11.4 Å². The van der Waals surface area contributed by atoms with E-state index < -0.39 is 0 Å². The lowest BCUT2D eigenvalue weighted by Crippen LogP contribution is -2.28. The van der Waals surface area contributed by atoms with E-state index in [-0.39, 0.29) is 10.6 Å². The molecule has 1 rings (SSSR count). The molecule has 0 aliphatic carbocycles. The van der Waals surface area contributed by atoms with E-state index in [4.69, 9.17) is 0 Å². The first-order chi connectivity index (χ1) is 10.0. The topological polar surface area (TPSA) is 58.4 Å². The minimum Gasteiger partial charge on any atom is -0.380 e. The van der Waals surface area contributed by atoms with Crippen molar-refractivity contribution in [2.75, 3.05) is 25.0 Å². The van der Waals surface area contributed by atoms with Gasteiger partial charge < -0.3 is 5.32 Å². The van der Waals surface area contributed by atoms with Gasteiger partial charge in [0.1, 0.15) is 5.69 Å². The lowest BCUT2D eigenvalue weighted by Gasteiger charge is -2.25. The number of hydrogen-bond donors (Lipinski definition) is 1. The molecular weight excluding hydrogens is 266 g/mol. The molecule has 1 N–H and O–H groups in total. The van der Waals surface area contributed by atoms with Crippen LogP contribution in [-0.4, -0.2) is 29.5 Å². The standard InChI is InChI=1S/C16H27N3O2/c1-5-13(4)11-18(7-3)12-14-9-8-10-15(19(20)21)16(14)17-6-2/h8-10,13,17H,5-7,11-12H2,1-4H3. The van der Waals surface area contributed by atoms with E-state index in [9.17, 15) is 10.1 Å². The van der Waals surface area contributed by atoms with Gasteiger partial charge in [-0.25, -0.2) is 0 Å². The molecule has 0 amide bonds. The molecule has 5 nitrogen and oxygen atoms in total. The smallest absolute Gasteiger partial charge is 0.292 e. The molecule has 0 saturated heterocycles. The second-order valence-electron chi connectivity index (χ2n) is 5.44. The Bertz CT molecular complexity index is 463. The summed E-state index contributed by atoms with van der Waals surface area (Å²) < 4.78 is 0. The monoisotopic (exact) mass is 293 g/mol. The van der Waals surface area contributed by atoms with Gasteiger partial charge in [-0.05, 0) is 24.9 Å². The maximum absolute atomic E-state index is 11.2. The molecule has 0 aliphatic heterocycles. The Morgan fingerprint density at radius 1 is 1.33 bits per heavy atom. The summed E-state index contributed by atoms with van der Waals surface area (Å²) in [5, 5.41) is 14.3. The summed E-state index contributed by atoms with van der Waals surface area (Å²) in [7, 11) is 0. The average Bonchev–Trinajstić information content (AvgIpc) is 2.47. The number of nitrogens with zero attached hydrogens (tertiary/aromatic N) is 2. The average molecular weight is 293 g/mol. The number of nitro benzene ring substituents is 1. The van der Waals surface area contributed by atoms with Crippen LogP contribution >= 0.6 is 0 Å². The van der Waals surface area contributed by atoms with E-state index in [1.54, 1.807) is 12.1 Å². The SMILES string of the molecule is CCNc1c(CN(CC)CC(C)CC)cccc1[N+](=O)[O-]. The predicted molar refractivity (Wildman–Crippen MR) is 87.7 cm³/mol. The van der Waals surface area contributed by atoms with Crippen LogP contribution in [0.25, 0.3) is 0 Å². The van der Waals surface area contributed by atoms with E-state index in [0.717, 1.165) is 31.6 Å². The van der Waals surface area contributed by atoms with Crippen LogP contribution in [0.3, 0.4) is 0 Å². The van der Waals surface area contributed by atoms with Gasteiger partial charge in [0.05, 0.1) is 4.92 Å². The van der Waals surface area contributed by atoms with E-state index in [1.807, 2.05) is 13.0 Å². The second-order valence-corrected chi connectivity index (χ2v) is 5.44. The first kappa shape index (κ1) is 17.4. The first-order valence-electron chi connectivity index (χ1n) is 7.75. The molecule has 1 aromatic carbocycles. The molecule has 1 atom stereocenters. The largest absolute Gasteiger partial charge is 0.380 e. The molecule has 0 bridgehead atoms. The fourth-order valence-corrected chi connectivity index (χ4v) is 2.37. The third-order valence-electron chi connectivity index (χ3n) is 3.79. The van der Waals surface area contributed by atoms with Gasteiger partial charge in [-0.2, -0.15) is 0 Å². The number of nitrogens with one attached hydrogen (secondary N) is 1. The molecule has 0 aliphatic rings. The molecule has 21 heavy (non-hydrogen) atoms. The van der Waals surface area contributed by atoms with Crippen molar-refractivity contribution < 1.29 is 4.92 Å². The van der Waals surface area contributed by atoms with Crippen molar-refractivity contribution >= 4 is 11.4 Å². The minimum atomic E-state index is -0.313. The van der Waals surface area contributed by atoms with Gasteiger partial charge in [-0.1, -0.05) is 39.3 Å². The highest BCUT2D eigenvalue weighted by molar-refractivity contribution is 5.66. The third-order valence-corrected chi connectivity index (χ3v) is 3.79. The first-order valence-corrected chi connectivity index (χ1v) is 7.75. The Balaban J connectivity index is 2.99. The van der Waals surface area contributed by atoms with Crippen LogP contribution in [0.2, 0.25) is 0 Å². The highest BCUT2D eigenvalue weighted by Gasteiger charge is 2.18. The summed E-state index contributed by atoms with van der Waals surface area (Å²) in [6.07, 6.45) is 1.14. The maximum Gasteiger partial charge on any atom is 0.292 e. The minimum absolute atomic E-state index is 0.161. The third kappa shape index (κ3) is 5.01. The maximum atomic E-state index is 11.2. The molecule has 0 heterocycles. The number of benzene rings is 1. The summed E-state index contributed by atoms with van der Waals surface area (Å²) in [4.78, 5) is 13.2. The molecule has 0 radical (unpaired) electrons. The van der Waals surface area contributed by atoms with E-state index in [2.05, 4.69) is 31.0 Å². The van der Waals surface area contributed by atoms with Crippen LogP contribution in [-0.2, 0) is 6.54 Å². The second kappa shape index (κ2) is 8.62. The number of hydrogen-bond acceptors (Lipinski definition) is 4. The van der Waals surface area contributed by atoms with Crippen molar-refractivity contribution in [3.63, 3.8) is 0 Å². The van der Waals surface area contributed by atoms with Gasteiger partial charge in [-0.15, -0.1) is 0 Å². The van der Waals surface area contributed by atoms with Crippen LogP contribution in [0.5, 0.6) is 0 Å². The number of para-hydroxylation sites is 1. The van der Waals surface area contributed by atoms with Crippen molar-refractivity contribution in [1.29, 1.82) is 0 Å². The Morgan fingerprint density at radius 3 is 2.57 bits per heavy atom. The lowest BCUT2D eigenvalue weighted by molar-refractivity contribution is -0.384. The fraction of sp³-hybridized carbons (Fsp3) is 0.625. The van der Waals surface area contributed by atoms with Gasteiger partial charge in [0.2, 0.25) is 0 Å². The summed E-state index contributed by atoms with van der Waals surface area (Å²) >= 11 is 0. The Labute approximate surface area is 127 Å². The fourth-order valence-electron chi connectivity index (χ4n) is 2.37. The molecule has 5 heteroatoms. The van der Waals surface area contributed by atoms with Gasteiger partial charge >= 0.3 is 0 Å². The zero-order valence-electron chi connectivity index (χ0n) is 13.6. The zero-order chi connectivity index (χ0) is 15.8. The van der Waals surface area contributed by atoms with Crippen LogP contribution < -0.4 is 5.32 Å².